The summed E-state index contributed by atoms with van der Waals surface area (Å²) in [6.45, 7) is -3.46. The SMILES string of the molecule is [2H]C([2H])([2H])C([2H])(O)c1ccc(-c2cc(F)c(CN3Cc4cccc(F)c4C3=O)c(F)c2)c2cn(C)nc12. The molecule has 1 aliphatic heterocycles. The van der Waals surface area contributed by atoms with Crippen molar-refractivity contribution in [2.75, 3.05) is 0 Å². The Labute approximate surface area is 193 Å². The molecule has 0 bridgehead atoms. The number of amides is 1. The second kappa shape index (κ2) is 7.74. The fourth-order valence-corrected chi connectivity index (χ4v) is 4.27. The molecule has 0 saturated carbocycles. The second-order valence-electron chi connectivity index (χ2n) is 7.93. The first-order valence-corrected chi connectivity index (χ1v) is 10.0. The van der Waals surface area contributed by atoms with Crippen LogP contribution in [0.3, 0.4) is 0 Å². The van der Waals surface area contributed by atoms with Crippen molar-refractivity contribution in [2.45, 2.75) is 26.0 Å². The number of rotatable bonds is 4. The zero-order valence-electron chi connectivity index (χ0n) is 21.4. The molecule has 8 heteroatoms. The number of aliphatic hydroxyl groups is 1. The van der Waals surface area contributed by atoms with Crippen LogP contribution in [0, 0.1) is 17.5 Å². The minimum Gasteiger partial charge on any atom is -0.389 e. The highest BCUT2D eigenvalue weighted by Gasteiger charge is 2.31. The normalized spacial score (nSPS) is 17.4. The number of nitrogens with zero attached hydrogens (tertiary/aromatic N) is 3. The van der Waals surface area contributed by atoms with Crippen molar-refractivity contribution in [1.82, 2.24) is 14.7 Å². The van der Waals surface area contributed by atoms with Crippen LogP contribution in [0.2, 0.25) is 0 Å². The maximum absolute atomic E-state index is 15.2. The topological polar surface area (TPSA) is 58.4 Å². The van der Waals surface area contributed by atoms with Gasteiger partial charge in [-0.25, -0.2) is 13.2 Å². The summed E-state index contributed by atoms with van der Waals surface area (Å²) in [4.78, 5) is 13.8. The van der Waals surface area contributed by atoms with Crippen molar-refractivity contribution in [3.05, 3.63) is 88.4 Å². The van der Waals surface area contributed by atoms with Crippen LogP contribution in [0.15, 0.2) is 48.7 Å². The van der Waals surface area contributed by atoms with Crippen molar-refractivity contribution < 1.29 is 28.6 Å². The number of carbonyl (C=O) groups is 1. The van der Waals surface area contributed by atoms with Gasteiger partial charge in [0, 0.05) is 40.4 Å². The van der Waals surface area contributed by atoms with Gasteiger partial charge in [-0.05, 0) is 41.7 Å². The average molecular weight is 455 g/mol. The molecule has 1 atom stereocenters. The summed E-state index contributed by atoms with van der Waals surface area (Å²) in [5, 5.41) is 14.9. The van der Waals surface area contributed by atoms with Crippen LogP contribution in [-0.2, 0) is 20.1 Å². The van der Waals surface area contributed by atoms with Crippen molar-refractivity contribution >= 4 is 16.8 Å². The van der Waals surface area contributed by atoms with Crippen LogP contribution >= 0.6 is 0 Å². The summed E-state index contributed by atoms with van der Waals surface area (Å²) in [5.41, 5.74) is 0.0902. The van der Waals surface area contributed by atoms with Crippen LogP contribution in [-0.4, -0.2) is 25.7 Å². The molecule has 2 heterocycles. The molecule has 1 aromatic heterocycles. The van der Waals surface area contributed by atoms with Crippen LogP contribution < -0.4 is 0 Å². The van der Waals surface area contributed by atoms with Gasteiger partial charge in [-0.2, -0.15) is 5.10 Å². The average Bonchev–Trinajstić information content (AvgIpc) is 3.34. The van der Waals surface area contributed by atoms with Gasteiger partial charge in [-0.15, -0.1) is 0 Å². The highest BCUT2D eigenvalue weighted by atomic mass is 19.1. The maximum atomic E-state index is 15.2. The van der Waals surface area contributed by atoms with E-state index in [0.29, 0.717) is 11.1 Å². The van der Waals surface area contributed by atoms with E-state index < -0.39 is 42.8 Å². The molecule has 5 rings (SSSR count). The Morgan fingerprint density at radius 2 is 1.94 bits per heavy atom. The molecule has 5 nitrogen and oxygen atoms in total. The molecule has 0 spiro atoms. The zero-order valence-corrected chi connectivity index (χ0v) is 17.4. The number of halogens is 3. The number of carbonyl (C=O) groups excluding carboxylic acids is 1. The Hall–Kier alpha value is -3.65. The molecule has 168 valence electrons. The highest BCUT2D eigenvalue weighted by molar-refractivity contribution is 5.99. The molecule has 33 heavy (non-hydrogen) atoms. The minimum absolute atomic E-state index is 0.000900. The quantitative estimate of drug-likeness (QED) is 0.478. The Balaban J connectivity index is 1.53. The molecule has 0 radical (unpaired) electrons. The predicted molar refractivity (Wildman–Crippen MR) is 117 cm³/mol. The van der Waals surface area contributed by atoms with Crippen LogP contribution in [0.5, 0.6) is 0 Å². The first kappa shape index (κ1) is 16.9. The number of aryl methyl sites for hydroxylation is 1. The molecule has 1 N–H and O–H groups in total. The molecular formula is C25H20F3N3O2. The van der Waals surface area contributed by atoms with E-state index in [9.17, 15) is 14.3 Å². The van der Waals surface area contributed by atoms with Crippen LogP contribution in [0.25, 0.3) is 22.0 Å². The van der Waals surface area contributed by atoms with E-state index in [1.807, 2.05) is 0 Å². The summed E-state index contributed by atoms with van der Waals surface area (Å²) < 4.78 is 76.4. The third-order valence-electron chi connectivity index (χ3n) is 5.81. The third-order valence-corrected chi connectivity index (χ3v) is 5.81. The van der Waals surface area contributed by atoms with E-state index in [1.165, 1.54) is 29.1 Å². The van der Waals surface area contributed by atoms with E-state index in [1.54, 1.807) is 13.1 Å². The lowest BCUT2D eigenvalue weighted by atomic mass is 9.96. The van der Waals surface area contributed by atoms with Crippen molar-refractivity contribution in [3.8, 4) is 11.1 Å². The largest absolute Gasteiger partial charge is 0.389 e. The van der Waals surface area contributed by atoms with Gasteiger partial charge in [0.2, 0.25) is 0 Å². The van der Waals surface area contributed by atoms with Crippen molar-refractivity contribution in [2.24, 2.45) is 7.05 Å². The molecule has 1 amide bonds. The van der Waals surface area contributed by atoms with Crippen molar-refractivity contribution in [3.63, 3.8) is 0 Å². The first-order chi connectivity index (χ1) is 17.3. The van der Waals surface area contributed by atoms with Crippen LogP contribution in [0.4, 0.5) is 13.2 Å². The lowest BCUT2D eigenvalue weighted by Gasteiger charge is -2.17. The molecule has 3 aromatic carbocycles. The molecule has 0 fully saturated rings. The summed E-state index contributed by atoms with van der Waals surface area (Å²) in [7, 11) is 1.55. The number of aromatic nitrogens is 2. The zero-order chi connectivity index (χ0) is 26.9. The predicted octanol–water partition coefficient (Wildman–Crippen LogP) is 4.87. The second-order valence-corrected chi connectivity index (χ2v) is 7.93. The summed E-state index contributed by atoms with van der Waals surface area (Å²) >= 11 is 0. The van der Waals surface area contributed by atoms with E-state index in [4.69, 9.17) is 5.48 Å². The fraction of sp³-hybridized carbons (Fsp3) is 0.200. The number of hydrogen-bond acceptors (Lipinski definition) is 3. The van der Waals surface area contributed by atoms with Gasteiger partial charge in [-0.3, -0.25) is 9.48 Å². The minimum atomic E-state index is -3.07. The molecule has 0 aliphatic carbocycles. The fourth-order valence-electron chi connectivity index (χ4n) is 4.27. The Morgan fingerprint density at radius 1 is 1.18 bits per heavy atom. The Kier molecular flexibility index (Phi) is 3.97. The third kappa shape index (κ3) is 3.47. The monoisotopic (exact) mass is 455 g/mol. The lowest BCUT2D eigenvalue weighted by molar-refractivity contribution is 0.0760. The molecule has 1 unspecified atom stereocenters. The summed E-state index contributed by atoms with van der Waals surface area (Å²) in [5.74, 6) is -3.20. The van der Waals surface area contributed by atoms with Gasteiger partial charge in [0.15, 0.2) is 0 Å². The van der Waals surface area contributed by atoms with Gasteiger partial charge < -0.3 is 10.0 Å². The molecule has 4 aromatic rings. The number of fused-ring (bicyclic) bond motifs is 2. The summed E-state index contributed by atoms with van der Waals surface area (Å²) in [6.07, 6.45) is -1.47. The van der Waals surface area contributed by atoms with Gasteiger partial charge >= 0.3 is 0 Å². The van der Waals surface area contributed by atoms with Gasteiger partial charge in [0.25, 0.3) is 5.91 Å². The maximum Gasteiger partial charge on any atom is 0.257 e. The smallest absolute Gasteiger partial charge is 0.257 e. The Bertz CT molecular complexity index is 1560. The Morgan fingerprint density at radius 3 is 2.64 bits per heavy atom. The van der Waals surface area contributed by atoms with Crippen LogP contribution in [0.1, 0.15) is 45.5 Å². The van der Waals surface area contributed by atoms with Crippen molar-refractivity contribution in [1.29, 1.82) is 0 Å². The molecule has 0 saturated heterocycles. The highest BCUT2D eigenvalue weighted by Crippen LogP contribution is 2.35. The first-order valence-electron chi connectivity index (χ1n) is 12.0. The lowest BCUT2D eigenvalue weighted by Crippen LogP contribution is -2.25. The van der Waals surface area contributed by atoms with E-state index >= 15 is 8.78 Å². The van der Waals surface area contributed by atoms with E-state index in [-0.39, 0.29) is 39.7 Å². The van der Waals surface area contributed by atoms with Gasteiger partial charge in [-0.1, -0.05) is 24.3 Å². The van der Waals surface area contributed by atoms with E-state index in [2.05, 4.69) is 5.10 Å². The molecule has 1 aliphatic rings. The van der Waals surface area contributed by atoms with Gasteiger partial charge in [0.05, 0.1) is 25.1 Å². The standard InChI is InChI=1S/C25H20F3N3O2/c1-13(32)16-6-7-17(18-11-30(2)29-24(16)18)15-8-21(27)19(22(28)9-15)12-31-10-14-4-3-5-20(26)23(14)25(31)33/h3-9,11,13,32H,10,12H2,1-2H3/i1D3,13D. The number of benzene rings is 3. The van der Waals surface area contributed by atoms with Gasteiger partial charge in [0.1, 0.15) is 17.5 Å². The number of hydrogen-bond donors (Lipinski definition) is 1. The summed E-state index contributed by atoms with van der Waals surface area (Å²) in [6, 6.07) is 8.91. The molecular weight excluding hydrogens is 431 g/mol. The van der Waals surface area contributed by atoms with E-state index in [0.717, 1.165) is 23.1 Å².